The van der Waals surface area contributed by atoms with E-state index in [0.29, 0.717) is 15.1 Å². The SMILES string of the molecule is O=S(c1ccccc1)c1nnc(Cl)c2ccccc12. The molecule has 94 valence electrons. The summed E-state index contributed by atoms with van der Waals surface area (Å²) in [5.74, 6) is 0. The first-order valence-corrected chi connectivity index (χ1v) is 7.18. The molecule has 0 N–H and O–H groups in total. The van der Waals surface area contributed by atoms with Gasteiger partial charge in [-0.25, -0.2) is 4.21 Å². The maximum Gasteiger partial charge on any atom is 0.162 e. The van der Waals surface area contributed by atoms with Crippen LogP contribution in [0.5, 0.6) is 0 Å². The average Bonchev–Trinajstić information content (AvgIpc) is 2.48. The Kier molecular flexibility index (Phi) is 3.27. The van der Waals surface area contributed by atoms with Gasteiger partial charge in [0.2, 0.25) is 0 Å². The van der Waals surface area contributed by atoms with Crippen molar-refractivity contribution in [1.29, 1.82) is 0 Å². The molecule has 5 heteroatoms. The monoisotopic (exact) mass is 288 g/mol. The maximum atomic E-state index is 12.5. The number of hydrogen-bond acceptors (Lipinski definition) is 3. The quantitative estimate of drug-likeness (QED) is 0.725. The molecular formula is C14H9ClN2OS. The Hall–Kier alpha value is -1.78. The predicted octanol–water partition coefficient (Wildman–Crippen LogP) is 3.45. The highest BCUT2D eigenvalue weighted by atomic mass is 35.5. The summed E-state index contributed by atoms with van der Waals surface area (Å²) >= 11 is 6.01. The third kappa shape index (κ3) is 2.25. The fourth-order valence-corrected chi connectivity index (χ4v) is 3.16. The van der Waals surface area contributed by atoms with E-state index in [2.05, 4.69) is 10.2 Å². The average molecular weight is 289 g/mol. The topological polar surface area (TPSA) is 42.9 Å². The molecule has 0 aliphatic carbocycles. The smallest absolute Gasteiger partial charge is 0.162 e. The molecule has 2 aromatic carbocycles. The Bertz CT molecular complexity index is 762. The van der Waals surface area contributed by atoms with Crippen LogP contribution >= 0.6 is 11.6 Å². The summed E-state index contributed by atoms with van der Waals surface area (Å²) in [5.41, 5.74) is 0. The largest absolute Gasteiger partial charge is 0.247 e. The third-order valence-corrected chi connectivity index (χ3v) is 4.37. The van der Waals surface area contributed by atoms with Gasteiger partial charge in [0.25, 0.3) is 0 Å². The van der Waals surface area contributed by atoms with E-state index in [1.807, 2.05) is 42.5 Å². The molecule has 0 spiro atoms. The Balaban J connectivity index is 2.22. The zero-order valence-electron chi connectivity index (χ0n) is 9.79. The lowest BCUT2D eigenvalue weighted by atomic mass is 10.2. The van der Waals surface area contributed by atoms with Gasteiger partial charge < -0.3 is 0 Å². The molecule has 0 fully saturated rings. The van der Waals surface area contributed by atoms with Crippen LogP contribution in [0.25, 0.3) is 10.8 Å². The molecule has 3 nitrogen and oxygen atoms in total. The van der Waals surface area contributed by atoms with E-state index in [1.54, 1.807) is 12.1 Å². The van der Waals surface area contributed by atoms with E-state index < -0.39 is 10.8 Å². The summed E-state index contributed by atoms with van der Waals surface area (Å²) in [6.07, 6.45) is 0. The lowest BCUT2D eigenvalue weighted by Gasteiger charge is -2.05. The number of fused-ring (bicyclic) bond motifs is 1. The van der Waals surface area contributed by atoms with Crippen molar-refractivity contribution in [2.45, 2.75) is 9.92 Å². The molecule has 0 bridgehead atoms. The highest BCUT2D eigenvalue weighted by Gasteiger charge is 2.14. The van der Waals surface area contributed by atoms with Gasteiger partial charge in [-0.2, -0.15) is 0 Å². The minimum Gasteiger partial charge on any atom is -0.247 e. The van der Waals surface area contributed by atoms with Crippen LogP contribution in [0, 0.1) is 0 Å². The summed E-state index contributed by atoms with van der Waals surface area (Å²) in [4.78, 5) is 0.698. The van der Waals surface area contributed by atoms with Gasteiger partial charge in [0.05, 0.1) is 0 Å². The zero-order chi connectivity index (χ0) is 13.2. The molecular weight excluding hydrogens is 280 g/mol. The summed E-state index contributed by atoms with van der Waals surface area (Å²) in [6.45, 7) is 0. The van der Waals surface area contributed by atoms with Gasteiger partial charge in [0.1, 0.15) is 10.8 Å². The molecule has 0 radical (unpaired) electrons. The lowest BCUT2D eigenvalue weighted by Crippen LogP contribution is -2.00. The van der Waals surface area contributed by atoms with Gasteiger partial charge >= 0.3 is 0 Å². The van der Waals surface area contributed by atoms with Gasteiger partial charge in [-0.15, -0.1) is 10.2 Å². The highest BCUT2D eigenvalue weighted by Crippen LogP contribution is 2.26. The summed E-state index contributed by atoms with van der Waals surface area (Å²) in [5, 5.41) is 10.2. The van der Waals surface area contributed by atoms with Gasteiger partial charge in [0.15, 0.2) is 10.2 Å². The maximum absolute atomic E-state index is 12.5. The molecule has 1 unspecified atom stereocenters. The fourth-order valence-electron chi connectivity index (χ4n) is 1.84. The molecule has 1 atom stereocenters. The Morgan fingerprint density at radius 2 is 1.47 bits per heavy atom. The summed E-state index contributed by atoms with van der Waals surface area (Å²) in [7, 11) is -1.36. The second-order valence-corrected chi connectivity index (χ2v) is 5.68. The van der Waals surface area contributed by atoms with Crippen LogP contribution in [0.15, 0.2) is 64.5 Å². The van der Waals surface area contributed by atoms with Gasteiger partial charge in [-0.05, 0) is 12.1 Å². The number of halogens is 1. The first-order chi connectivity index (χ1) is 9.27. The molecule has 0 saturated carbocycles. The van der Waals surface area contributed by atoms with Gasteiger partial charge in [0, 0.05) is 15.7 Å². The molecule has 1 heterocycles. The van der Waals surface area contributed by atoms with Crippen molar-refractivity contribution in [1.82, 2.24) is 10.2 Å². The van der Waals surface area contributed by atoms with Crippen LogP contribution in [0.2, 0.25) is 5.15 Å². The standard InChI is InChI=1S/C14H9ClN2OS/c15-13-11-8-4-5-9-12(11)14(17-16-13)19(18)10-6-2-1-3-7-10/h1-9H. The van der Waals surface area contributed by atoms with Gasteiger partial charge in [-0.1, -0.05) is 54.1 Å². The van der Waals surface area contributed by atoms with Crippen LogP contribution in [-0.4, -0.2) is 14.4 Å². The molecule has 3 rings (SSSR count). The molecule has 0 aliphatic heterocycles. The predicted molar refractivity (Wildman–Crippen MR) is 75.7 cm³/mol. The number of rotatable bonds is 2. The van der Waals surface area contributed by atoms with Crippen LogP contribution in [0.3, 0.4) is 0 Å². The van der Waals surface area contributed by atoms with Crippen LogP contribution in [-0.2, 0) is 10.8 Å². The van der Waals surface area contributed by atoms with Crippen molar-refractivity contribution >= 4 is 33.2 Å². The van der Waals surface area contributed by atoms with Crippen molar-refractivity contribution in [3.63, 3.8) is 0 Å². The van der Waals surface area contributed by atoms with Crippen molar-refractivity contribution in [2.24, 2.45) is 0 Å². The van der Waals surface area contributed by atoms with E-state index in [1.165, 1.54) is 0 Å². The minimum absolute atomic E-state index is 0.324. The highest BCUT2D eigenvalue weighted by molar-refractivity contribution is 7.85. The van der Waals surface area contributed by atoms with Crippen molar-refractivity contribution in [3.8, 4) is 0 Å². The second-order valence-electron chi connectivity index (χ2n) is 3.92. The summed E-state index contributed by atoms with van der Waals surface area (Å²) in [6, 6.07) is 16.6. The molecule has 19 heavy (non-hydrogen) atoms. The Labute approximate surface area is 117 Å². The molecule has 3 aromatic rings. The van der Waals surface area contributed by atoms with Crippen molar-refractivity contribution in [3.05, 3.63) is 59.8 Å². The van der Waals surface area contributed by atoms with Crippen LogP contribution < -0.4 is 0 Å². The number of hydrogen-bond donors (Lipinski definition) is 0. The van der Waals surface area contributed by atoms with E-state index in [4.69, 9.17) is 11.6 Å². The van der Waals surface area contributed by atoms with E-state index in [-0.39, 0.29) is 0 Å². The minimum atomic E-state index is -1.36. The number of nitrogens with zero attached hydrogens (tertiary/aromatic N) is 2. The summed E-state index contributed by atoms with van der Waals surface area (Å²) < 4.78 is 12.5. The van der Waals surface area contributed by atoms with Crippen LogP contribution in [0.4, 0.5) is 0 Å². The van der Waals surface area contributed by atoms with Crippen LogP contribution in [0.1, 0.15) is 0 Å². The van der Waals surface area contributed by atoms with E-state index >= 15 is 0 Å². The number of benzene rings is 2. The first kappa shape index (κ1) is 12.3. The third-order valence-electron chi connectivity index (χ3n) is 2.74. The molecule has 0 aliphatic rings. The van der Waals surface area contributed by atoms with E-state index in [0.717, 1.165) is 10.8 Å². The second kappa shape index (κ2) is 5.07. The first-order valence-electron chi connectivity index (χ1n) is 5.65. The molecule has 1 aromatic heterocycles. The van der Waals surface area contributed by atoms with Crippen molar-refractivity contribution in [2.75, 3.05) is 0 Å². The number of aromatic nitrogens is 2. The van der Waals surface area contributed by atoms with Crippen molar-refractivity contribution < 1.29 is 4.21 Å². The zero-order valence-corrected chi connectivity index (χ0v) is 11.4. The fraction of sp³-hybridized carbons (Fsp3) is 0. The van der Waals surface area contributed by atoms with E-state index in [9.17, 15) is 4.21 Å². The normalized spacial score (nSPS) is 12.5. The van der Waals surface area contributed by atoms with Gasteiger partial charge in [-0.3, -0.25) is 0 Å². The molecule has 0 amide bonds. The molecule has 0 saturated heterocycles. The Morgan fingerprint density at radius 3 is 2.21 bits per heavy atom. The Morgan fingerprint density at radius 1 is 0.842 bits per heavy atom. The lowest BCUT2D eigenvalue weighted by molar-refractivity contribution is 0.679.